The maximum atomic E-state index is 5.26. The Kier molecular flexibility index (Phi) is 19.4. The van der Waals surface area contributed by atoms with Gasteiger partial charge < -0.3 is 19.6 Å². The van der Waals surface area contributed by atoms with Crippen molar-refractivity contribution in [3.05, 3.63) is 98.3 Å². The molecule has 4 rings (SSSR count). The molecule has 1 unspecified atom stereocenters. The topological polar surface area (TPSA) is 9.23 Å². The molecule has 1 nitrogen and oxygen atoms in total. The molecule has 5 heteroatoms. The van der Waals surface area contributed by atoms with Crippen molar-refractivity contribution in [1.29, 1.82) is 0 Å². The summed E-state index contributed by atoms with van der Waals surface area (Å²) in [6, 6.07) is 20.9. The van der Waals surface area contributed by atoms with Gasteiger partial charge in [-0.1, -0.05) is 50.5 Å². The number of halogens is 2. The number of methoxy groups -OCH3 is 1. The molecule has 1 aliphatic rings. The Hall–Kier alpha value is -0.990. The van der Waals surface area contributed by atoms with E-state index < -0.39 is 0 Å². The summed E-state index contributed by atoms with van der Waals surface area (Å²) in [6.07, 6.45) is 3.36. The predicted octanol–water partition coefficient (Wildman–Crippen LogP) is 8.32. The molecule has 3 aromatic rings. The third kappa shape index (κ3) is 8.75. The Morgan fingerprint density at radius 2 is 1.59 bits per heavy atom. The van der Waals surface area contributed by atoms with E-state index in [9.17, 15) is 0 Å². The zero-order chi connectivity index (χ0) is 20.7. The Balaban J connectivity index is -0.000000490. The van der Waals surface area contributed by atoms with Crippen LogP contribution in [0.15, 0.2) is 77.4 Å². The van der Waals surface area contributed by atoms with E-state index in [2.05, 4.69) is 89.2 Å². The van der Waals surface area contributed by atoms with E-state index in [1.54, 1.807) is 7.11 Å². The summed E-state index contributed by atoms with van der Waals surface area (Å²) >= 11 is 1.36. The van der Waals surface area contributed by atoms with Crippen LogP contribution in [0.2, 0.25) is 0 Å². The van der Waals surface area contributed by atoms with E-state index >= 15 is 0 Å². The summed E-state index contributed by atoms with van der Waals surface area (Å²) in [4.78, 5) is 0. The van der Waals surface area contributed by atoms with E-state index in [0.29, 0.717) is 5.92 Å². The van der Waals surface area contributed by atoms with E-state index in [4.69, 9.17) is 4.74 Å². The van der Waals surface area contributed by atoms with Crippen molar-refractivity contribution in [1.82, 2.24) is 0 Å². The van der Waals surface area contributed by atoms with Crippen molar-refractivity contribution in [3.63, 3.8) is 0 Å². The minimum absolute atomic E-state index is 0. The molecule has 0 saturated heterocycles. The Morgan fingerprint density at radius 3 is 2.09 bits per heavy atom. The standard InChI is InChI=1S/C16H13O.C9H13.2CH3.2ClH.Si.Zr/c1-17-14-7-4-6-13(11-14)16-10-9-12-5-2-3-8-15(12)16;1-6-5-7(2)9(4)8(6)3;;;;;;/h2-11H,1H3;6H,1-4H3;2*1H3;2*1H;;/q4*-1;;;;. The van der Waals surface area contributed by atoms with E-state index in [1.807, 2.05) is 12.1 Å². The van der Waals surface area contributed by atoms with Gasteiger partial charge in [-0.3, -0.25) is 6.08 Å². The number of allylic oxidation sites excluding steroid dienone is 4. The van der Waals surface area contributed by atoms with Crippen LogP contribution in [0.3, 0.4) is 0 Å². The first-order chi connectivity index (χ1) is 13.5. The van der Waals surface area contributed by atoms with Gasteiger partial charge in [0.05, 0.1) is 7.11 Å². The SMILES string of the molecule is CC1=[C-]C(C)C(C)=C1C.COc1cccc(-c2c[cH-]c3ccccc23)c1.Cl.Cl.[CH3-].[CH3-].[Si]=[Zr]. The molecule has 0 bridgehead atoms. The summed E-state index contributed by atoms with van der Waals surface area (Å²) in [5, 5.41) is 2.58. The summed E-state index contributed by atoms with van der Waals surface area (Å²) in [5.74, 6) is 1.46. The monoisotopic (exact) mass is 562 g/mol. The molecule has 1 aliphatic carbocycles. The summed E-state index contributed by atoms with van der Waals surface area (Å²) < 4.78 is 5.26. The molecule has 0 heterocycles. The van der Waals surface area contributed by atoms with Crippen LogP contribution in [0.4, 0.5) is 0 Å². The van der Waals surface area contributed by atoms with Gasteiger partial charge in [0.1, 0.15) is 5.75 Å². The number of fused-ring (bicyclic) bond motifs is 1. The van der Waals surface area contributed by atoms with Crippen LogP contribution in [0.1, 0.15) is 27.7 Å². The molecule has 0 N–H and O–H groups in total. The summed E-state index contributed by atoms with van der Waals surface area (Å²) in [5.41, 5.74) is 6.71. The minimum atomic E-state index is 0. The molecule has 0 spiro atoms. The van der Waals surface area contributed by atoms with E-state index in [1.165, 1.54) is 62.0 Å². The van der Waals surface area contributed by atoms with Crippen molar-refractivity contribution in [2.75, 3.05) is 7.11 Å². The average molecular weight is 565 g/mol. The second kappa shape index (κ2) is 17.5. The van der Waals surface area contributed by atoms with Crippen LogP contribution in [0, 0.1) is 26.8 Å². The third-order valence-electron chi connectivity index (χ3n) is 5.30. The fourth-order valence-electron chi connectivity index (χ4n) is 3.35. The molecule has 0 aromatic heterocycles. The normalized spacial score (nSPS) is 13.4. The van der Waals surface area contributed by atoms with Crippen LogP contribution >= 0.6 is 24.8 Å². The van der Waals surface area contributed by atoms with Gasteiger partial charge in [0.2, 0.25) is 0 Å². The average Bonchev–Trinajstić information content (AvgIpc) is 3.27. The zero-order valence-electron chi connectivity index (χ0n) is 20.1. The van der Waals surface area contributed by atoms with Gasteiger partial charge in [-0.25, -0.2) is 5.57 Å². The fourth-order valence-corrected chi connectivity index (χ4v) is 3.35. The Morgan fingerprint density at radius 1 is 0.969 bits per heavy atom. The molecule has 1 atom stereocenters. The predicted molar refractivity (Wildman–Crippen MR) is 145 cm³/mol. The molecule has 3 aromatic carbocycles. The Bertz CT molecular complexity index is 1010. The molecule has 174 valence electrons. The molecule has 0 fully saturated rings. The van der Waals surface area contributed by atoms with Gasteiger partial charge in [-0.05, 0) is 12.1 Å². The van der Waals surface area contributed by atoms with Crippen molar-refractivity contribution < 1.29 is 28.1 Å². The van der Waals surface area contributed by atoms with Crippen molar-refractivity contribution in [2.24, 2.45) is 5.92 Å². The van der Waals surface area contributed by atoms with Gasteiger partial charge in [0.15, 0.2) is 0 Å². The molecule has 0 amide bonds. The molecule has 0 saturated carbocycles. The van der Waals surface area contributed by atoms with Gasteiger partial charge in [-0.2, -0.15) is 11.1 Å². The second-order valence-electron chi connectivity index (χ2n) is 6.87. The molecule has 2 radical (unpaired) electrons. The van der Waals surface area contributed by atoms with Crippen LogP contribution in [0.5, 0.6) is 5.75 Å². The van der Waals surface area contributed by atoms with Crippen LogP contribution in [0.25, 0.3) is 21.9 Å². The quantitative estimate of drug-likeness (QED) is 0.225. The van der Waals surface area contributed by atoms with E-state index in [-0.39, 0.29) is 39.7 Å². The van der Waals surface area contributed by atoms with Crippen LogP contribution in [-0.2, 0) is 23.3 Å². The Labute approximate surface area is 225 Å². The van der Waals surface area contributed by atoms with Gasteiger partial charge in [0.25, 0.3) is 0 Å². The van der Waals surface area contributed by atoms with Gasteiger partial charge in [-0.15, -0.1) is 78.4 Å². The van der Waals surface area contributed by atoms with Gasteiger partial charge >= 0.3 is 30.2 Å². The molecule has 32 heavy (non-hydrogen) atoms. The van der Waals surface area contributed by atoms with Crippen molar-refractivity contribution >= 4 is 42.5 Å². The van der Waals surface area contributed by atoms with Gasteiger partial charge in [0, 0.05) is 0 Å². The van der Waals surface area contributed by atoms with Crippen LogP contribution in [-0.4, -0.2) is 14.0 Å². The fraction of sp³-hybridized carbons (Fsp3) is 0.222. The second-order valence-corrected chi connectivity index (χ2v) is 6.87. The molecular weight excluding hydrogens is 531 g/mol. The summed E-state index contributed by atoms with van der Waals surface area (Å²) in [7, 11) is 1.70. The number of rotatable bonds is 2. The zero-order valence-corrected chi connectivity index (χ0v) is 25.2. The first-order valence-electron chi connectivity index (χ1n) is 9.33. The maximum absolute atomic E-state index is 5.26. The number of hydrogen-bond acceptors (Lipinski definition) is 1. The molecular formula is C27H34Cl2OSiZr-4. The first-order valence-corrected chi connectivity index (χ1v) is 13.5. The number of ether oxygens (including phenoxy) is 1. The number of benzene rings is 2. The van der Waals surface area contributed by atoms with Crippen molar-refractivity contribution in [3.8, 4) is 16.9 Å². The van der Waals surface area contributed by atoms with Crippen molar-refractivity contribution in [2.45, 2.75) is 27.7 Å². The first kappa shape index (κ1) is 35.6. The third-order valence-corrected chi connectivity index (χ3v) is 5.30. The molecule has 0 aliphatic heterocycles. The summed E-state index contributed by atoms with van der Waals surface area (Å²) in [6.45, 7) is 11.7. The number of hydrogen-bond donors (Lipinski definition) is 0. The van der Waals surface area contributed by atoms with E-state index in [0.717, 1.165) is 5.75 Å². The van der Waals surface area contributed by atoms with Crippen LogP contribution < -0.4 is 4.74 Å².